The summed E-state index contributed by atoms with van der Waals surface area (Å²) in [5, 5.41) is 5.32. The summed E-state index contributed by atoms with van der Waals surface area (Å²) in [6.45, 7) is 2.77. The second-order valence-electron chi connectivity index (χ2n) is 7.82. The SMILES string of the molecule is COc1ccccc1CN1CCC(NC(=O)COc2ccc3ccccc3c2Br)CC1. The Morgan fingerprint density at radius 3 is 2.58 bits per heavy atom. The van der Waals surface area contributed by atoms with Crippen molar-refractivity contribution < 1.29 is 14.3 Å². The summed E-state index contributed by atoms with van der Waals surface area (Å²) >= 11 is 3.60. The van der Waals surface area contributed by atoms with Crippen LogP contribution < -0.4 is 14.8 Å². The lowest BCUT2D eigenvalue weighted by atomic mass is 10.0. The number of likely N-dealkylation sites (tertiary alicyclic amines) is 1. The van der Waals surface area contributed by atoms with Crippen LogP contribution in [0.25, 0.3) is 10.8 Å². The number of benzene rings is 3. The first kappa shape index (κ1) is 21.7. The lowest BCUT2D eigenvalue weighted by Crippen LogP contribution is -2.45. The summed E-state index contributed by atoms with van der Waals surface area (Å²) in [6, 6.07) is 20.3. The van der Waals surface area contributed by atoms with Crippen LogP contribution in [0.4, 0.5) is 0 Å². The molecule has 0 aromatic heterocycles. The number of hydrogen-bond donors (Lipinski definition) is 1. The number of amides is 1. The smallest absolute Gasteiger partial charge is 0.258 e. The molecular formula is C25H27BrN2O3. The number of rotatable bonds is 7. The first-order valence-corrected chi connectivity index (χ1v) is 11.4. The van der Waals surface area contributed by atoms with E-state index in [1.165, 1.54) is 5.56 Å². The molecule has 1 fully saturated rings. The molecule has 162 valence electrons. The summed E-state index contributed by atoms with van der Waals surface area (Å²) in [5.74, 6) is 1.53. The number of fused-ring (bicyclic) bond motifs is 1. The summed E-state index contributed by atoms with van der Waals surface area (Å²) in [5.41, 5.74) is 1.20. The Kier molecular flexibility index (Phi) is 7.10. The molecule has 1 N–H and O–H groups in total. The fourth-order valence-electron chi connectivity index (χ4n) is 4.05. The third-order valence-electron chi connectivity index (χ3n) is 5.73. The Labute approximate surface area is 191 Å². The van der Waals surface area contributed by atoms with Gasteiger partial charge in [-0.1, -0.05) is 48.5 Å². The van der Waals surface area contributed by atoms with Gasteiger partial charge >= 0.3 is 0 Å². The van der Waals surface area contributed by atoms with Gasteiger partial charge in [-0.25, -0.2) is 0 Å². The van der Waals surface area contributed by atoms with Crippen LogP contribution in [0, 0.1) is 0 Å². The monoisotopic (exact) mass is 482 g/mol. The summed E-state index contributed by atoms with van der Waals surface area (Å²) < 4.78 is 12.1. The maximum Gasteiger partial charge on any atom is 0.258 e. The molecule has 3 aromatic carbocycles. The van der Waals surface area contributed by atoms with E-state index in [-0.39, 0.29) is 18.6 Å². The number of hydrogen-bond acceptors (Lipinski definition) is 4. The number of carbonyl (C=O) groups is 1. The number of piperidine rings is 1. The second-order valence-corrected chi connectivity index (χ2v) is 8.61. The Morgan fingerprint density at radius 1 is 1.03 bits per heavy atom. The molecule has 0 unspecified atom stereocenters. The largest absolute Gasteiger partial charge is 0.496 e. The molecule has 3 aromatic rings. The molecule has 0 spiro atoms. The molecule has 0 radical (unpaired) electrons. The molecule has 1 aliphatic rings. The minimum absolute atomic E-state index is 0.0123. The predicted octanol–water partition coefficient (Wildman–Crippen LogP) is 4.77. The average molecular weight is 483 g/mol. The van der Waals surface area contributed by atoms with Crippen molar-refractivity contribution in [3.05, 3.63) is 70.7 Å². The molecule has 0 atom stereocenters. The number of para-hydroxylation sites is 1. The van der Waals surface area contributed by atoms with Crippen molar-refractivity contribution in [1.29, 1.82) is 0 Å². The van der Waals surface area contributed by atoms with E-state index in [4.69, 9.17) is 9.47 Å². The van der Waals surface area contributed by atoms with E-state index in [1.807, 2.05) is 48.5 Å². The van der Waals surface area contributed by atoms with Crippen LogP contribution in [-0.2, 0) is 11.3 Å². The van der Waals surface area contributed by atoms with Crippen LogP contribution in [0.3, 0.4) is 0 Å². The molecule has 1 amide bonds. The molecular weight excluding hydrogens is 456 g/mol. The van der Waals surface area contributed by atoms with Crippen LogP contribution in [0.1, 0.15) is 18.4 Å². The Balaban J connectivity index is 1.25. The van der Waals surface area contributed by atoms with E-state index < -0.39 is 0 Å². The van der Waals surface area contributed by atoms with Crippen molar-refractivity contribution in [2.24, 2.45) is 0 Å². The zero-order valence-electron chi connectivity index (χ0n) is 17.6. The summed E-state index contributed by atoms with van der Waals surface area (Å²) in [7, 11) is 1.71. The molecule has 1 aliphatic heterocycles. The van der Waals surface area contributed by atoms with Gasteiger partial charge in [0.25, 0.3) is 5.91 Å². The molecule has 31 heavy (non-hydrogen) atoms. The van der Waals surface area contributed by atoms with E-state index in [0.29, 0.717) is 5.75 Å². The molecule has 1 saturated heterocycles. The maximum absolute atomic E-state index is 12.4. The zero-order chi connectivity index (χ0) is 21.6. The van der Waals surface area contributed by atoms with Gasteiger partial charge in [0.05, 0.1) is 11.6 Å². The standard InChI is InChI=1S/C25H27BrN2O3/c1-30-22-9-5-3-7-19(22)16-28-14-12-20(13-15-28)27-24(29)17-31-23-11-10-18-6-2-4-8-21(18)25(23)26/h2-11,20H,12-17H2,1H3,(H,27,29). The van der Waals surface area contributed by atoms with Crippen molar-refractivity contribution in [2.75, 3.05) is 26.8 Å². The number of methoxy groups -OCH3 is 1. The Bertz CT molecular complexity index is 1050. The zero-order valence-corrected chi connectivity index (χ0v) is 19.2. The third kappa shape index (κ3) is 5.38. The molecule has 0 saturated carbocycles. The van der Waals surface area contributed by atoms with Crippen LogP contribution >= 0.6 is 15.9 Å². The highest BCUT2D eigenvalue weighted by Gasteiger charge is 2.21. The fraction of sp³-hybridized carbons (Fsp3) is 0.320. The molecule has 5 nitrogen and oxygen atoms in total. The number of nitrogens with zero attached hydrogens (tertiary/aromatic N) is 1. The van der Waals surface area contributed by atoms with Gasteiger partial charge < -0.3 is 14.8 Å². The molecule has 0 aliphatic carbocycles. The van der Waals surface area contributed by atoms with E-state index >= 15 is 0 Å². The van der Waals surface area contributed by atoms with Crippen LogP contribution in [0.5, 0.6) is 11.5 Å². The molecule has 0 bridgehead atoms. The quantitative estimate of drug-likeness (QED) is 0.526. The van der Waals surface area contributed by atoms with Gasteiger partial charge in [-0.3, -0.25) is 9.69 Å². The van der Waals surface area contributed by atoms with Gasteiger partial charge in [-0.05, 0) is 51.7 Å². The van der Waals surface area contributed by atoms with Crippen LogP contribution in [-0.4, -0.2) is 43.7 Å². The normalized spacial score (nSPS) is 15.0. The van der Waals surface area contributed by atoms with E-state index in [1.54, 1.807) is 7.11 Å². The summed E-state index contributed by atoms with van der Waals surface area (Å²) in [6.07, 6.45) is 1.86. The van der Waals surface area contributed by atoms with Gasteiger partial charge in [0.2, 0.25) is 0 Å². The number of carbonyl (C=O) groups excluding carboxylic acids is 1. The minimum atomic E-state index is -0.0803. The summed E-state index contributed by atoms with van der Waals surface area (Å²) in [4.78, 5) is 14.8. The highest BCUT2D eigenvalue weighted by atomic mass is 79.9. The topological polar surface area (TPSA) is 50.8 Å². The number of ether oxygens (including phenoxy) is 2. The minimum Gasteiger partial charge on any atom is -0.496 e. The van der Waals surface area contributed by atoms with Crippen molar-refractivity contribution >= 4 is 32.6 Å². The first-order valence-electron chi connectivity index (χ1n) is 10.6. The maximum atomic E-state index is 12.4. The predicted molar refractivity (Wildman–Crippen MR) is 127 cm³/mol. The van der Waals surface area contributed by atoms with Gasteiger partial charge in [-0.15, -0.1) is 0 Å². The molecule has 4 rings (SSSR count). The molecule has 1 heterocycles. The van der Waals surface area contributed by atoms with Crippen LogP contribution in [0.2, 0.25) is 0 Å². The second kappa shape index (κ2) is 10.2. The van der Waals surface area contributed by atoms with Crippen molar-refractivity contribution in [1.82, 2.24) is 10.2 Å². The van der Waals surface area contributed by atoms with Crippen molar-refractivity contribution in [3.8, 4) is 11.5 Å². The lowest BCUT2D eigenvalue weighted by molar-refractivity contribution is -0.124. The Morgan fingerprint density at radius 2 is 1.77 bits per heavy atom. The average Bonchev–Trinajstić information content (AvgIpc) is 2.80. The van der Waals surface area contributed by atoms with Crippen molar-refractivity contribution in [3.63, 3.8) is 0 Å². The van der Waals surface area contributed by atoms with Crippen molar-refractivity contribution in [2.45, 2.75) is 25.4 Å². The number of halogens is 1. The van der Waals surface area contributed by atoms with Gasteiger partial charge in [0.15, 0.2) is 6.61 Å². The van der Waals surface area contributed by atoms with Crippen LogP contribution in [0.15, 0.2) is 65.1 Å². The van der Waals surface area contributed by atoms with Gasteiger partial charge in [0.1, 0.15) is 11.5 Å². The van der Waals surface area contributed by atoms with Gasteiger partial charge in [0, 0.05) is 31.2 Å². The van der Waals surface area contributed by atoms with E-state index in [0.717, 1.165) is 53.5 Å². The fourth-order valence-corrected chi connectivity index (χ4v) is 4.66. The lowest BCUT2D eigenvalue weighted by Gasteiger charge is -2.32. The Hall–Kier alpha value is -2.57. The highest BCUT2D eigenvalue weighted by Crippen LogP contribution is 2.33. The van der Waals surface area contributed by atoms with E-state index in [9.17, 15) is 4.79 Å². The first-order chi connectivity index (χ1) is 15.1. The van der Waals surface area contributed by atoms with E-state index in [2.05, 4.69) is 38.3 Å². The molecule has 6 heteroatoms. The van der Waals surface area contributed by atoms with Gasteiger partial charge in [-0.2, -0.15) is 0 Å². The highest BCUT2D eigenvalue weighted by molar-refractivity contribution is 9.10. The number of nitrogens with one attached hydrogen (secondary N) is 1. The third-order valence-corrected chi connectivity index (χ3v) is 6.54.